The summed E-state index contributed by atoms with van der Waals surface area (Å²) in [6.45, 7) is 3.99. The molecule has 2 aromatic carbocycles. The van der Waals surface area contributed by atoms with Crippen molar-refractivity contribution in [2.45, 2.75) is 31.8 Å². The van der Waals surface area contributed by atoms with Crippen molar-refractivity contribution >= 4 is 22.5 Å². The van der Waals surface area contributed by atoms with Crippen LogP contribution < -0.4 is 26.6 Å². The van der Waals surface area contributed by atoms with Crippen molar-refractivity contribution in [1.82, 2.24) is 26.2 Å². The molecule has 3 unspecified atom stereocenters. The highest BCUT2D eigenvalue weighted by Crippen LogP contribution is 2.18. The van der Waals surface area contributed by atoms with Crippen LogP contribution in [-0.4, -0.2) is 56.6 Å². The maximum atomic E-state index is 12.4. The van der Waals surface area contributed by atoms with Crippen LogP contribution in [0.3, 0.4) is 0 Å². The molecular formula is C20H30N6O. The van der Waals surface area contributed by atoms with Gasteiger partial charge in [0.05, 0.1) is 6.17 Å². The predicted molar refractivity (Wildman–Crippen MR) is 111 cm³/mol. The molecule has 0 bridgehead atoms. The smallest absolute Gasteiger partial charge is 0.310 e. The molecule has 7 heteroatoms. The minimum atomic E-state index is -0.286. The van der Waals surface area contributed by atoms with Gasteiger partial charge in [-0.25, -0.2) is 4.79 Å². The molecule has 1 saturated heterocycles. The molecular weight excluding hydrogens is 340 g/mol. The highest BCUT2D eigenvalue weighted by molar-refractivity contribution is 5.93. The van der Waals surface area contributed by atoms with Crippen molar-refractivity contribution < 1.29 is 4.79 Å². The van der Waals surface area contributed by atoms with Gasteiger partial charge in [-0.2, -0.15) is 0 Å². The van der Waals surface area contributed by atoms with Crippen LogP contribution in [0.2, 0.25) is 0 Å². The Morgan fingerprint density at radius 2 is 1.93 bits per heavy atom. The molecule has 7 nitrogen and oxygen atoms in total. The van der Waals surface area contributed by atoms with Crippen molar-refractivity contribution in [2.24, 2.45) is 0 Å². The number of rotatable bonds is 6. The molecule has 1 aliphatic heterocycles. The topological polar surface area (TPSA) is 80.5 Å². The zero-order chi connectivity index (χ0) is 19.2. The molecule has 1 aliphatic rings. The Morgan fingerprint density at radius 3 is 2.70 bits per heavy atom. The Bertz CT molecular complexity index is 765. The second-order valence-electron chi connectivity index (χ2n) is 7.37. The van der Waals surface area contributed by atoms with Gasteiger partial charge in [-0.1, -0.05) is 30.3 Å². The Balaban J connectivity index is 1.52. The summed E-state index contributed by atoms with van der Waals surface area (Å²) in [5.74, 6) is 0. The summed E-state index contributed by atoms with van der Waals surface area (Å²) in [6, 6.07) is 14.1. The van der Waals surface area contributed by atoms with Gasteiger partial charge in [0.1, 0.15) is 6.29 Å². The lowest BCUT2D eigenvalue weighted by Crippen LogP contribution is -2.68. The third-order valence-corrected chi connectivity index (χ3v) is 4.64. The fourth-order valence-corrected chi connectivity index (χ4v) is 3.28. The lowest BCUT2D eigenvalue weighted by molar-refractivity contribution is 0.191. The molecule has 1 fully saturated rings. The van der Waals surface area contributed by atoms with E-state index < -0.39 is 0 Å². The number of nitrogens with zero attached hydrogens (tertiary/aromatic N) is 1. The van der Waals surface area contributed by atoms with Crippen molar-refractivity contribution in [1.29, 1.82) is 0 Å². The normalized spacial score (nSPS) is 22.7. The van der Waals surface area contributed by atoms with Gasteiger partial charge < -0.3 is 20.9 Å². The number of benzene rings is 2. The quantitative estimate of drug-likeness (QED) is 0.535. The molecule has 1 heterocycles. The van der Waals surface area contributed by atoms with E-state index in [4.69, 9.17) is 0 Å². The second-order valence-corrected chi connectivity index (χ2v) is 7.37. The minimum absolute atomic E-state index is 0.159. The van der Waals surface area contributed by atoms with Crippen molar-refractivity contribution in [3.8, 4) is 0 Å². The lowest BCUT2D eigenvalue weighted by atomic mass is 10.1. The number of urea groups is 1. The van der Waals surface area contributed by atoms with Crippen molar-refractivity contribution in [2.75, 3.05) is 32.5 Å². The zero-order valence-corrected chi connectivity index (χ0v) is 16.3. The van der Waals surface area contributed by atoms with Gasteiger partial charge in [0.25, 0.3) is 0 Å². The van der Waals surface area contributed by atoms with Crippen LogP contribution in [0, 0.1) is 0 Å². The van der Waals surface area contributed by atoms with E-state index in [0.29, 0.717) is 6.04 Å². The standard InChI is InChI=1S/C20H30N6O/c1-14-12-18(21-10-11-26(2)3)24-19(22-14)25-20(27)23-17-9-8-15-6-4-5-7-16(15)13-17/h4-9,13-14,18-19,21-22,24H,10-12H2,1-3H3,(H2,23,25,27). The van der Waals surface area contributed by atoms with Crippen molar-refractivity contribution in [3.63, 3.8) is 0 Å². The maximum absolute atomic E-state index is 12.4. The van der Waals surface area contributed by atoms with Crippen LogP contribution in [0.1, 0.15) is 13.3 Å². The average Bonchev–Trinajstić information content (AvgIpc) is 2.60. The van der Waals surface area contributed by atoms with Crippen LogP contribution in [0.4, 0.5) is 10.5 Å². The van der Waals surface area contributed by atoms with Gasteiger partial charge in [0.2, 0.25) is 0 Å². The van der Waals surface area contributed by atoms with E-state index in [2.05, 4.69) is 58.6 Å². The third kappa shape index (κ3) is 5.90. The highest BCUT2D eigenvalue weighted by Gasteiger charge is 2.25. The molecule has 0 aromatic heterocycles. The second kappa shape index (κ2) is 9.14. The highest BCUT2D eigenvalue weighted by atomic mass is 16.2. The summed E-state index contributed by atoms with van der Waals surface area (Å²) < 4.78 is 0. The van der Waals surface area contributed by atoms with E-state index in [1.165, 1.54) is 0 Å². The summed E-state index contributed by atoms with van der Waals surface area (Å²) in [6.07, 6.45) is 0.830. The number of carbonyl (C=O) groups is 1. The van der Waals surface area contributed by atoms with Gasteiger partial charge in [0.15, 0.2) is 0 Å². The summed E-state index contributed by atoms with van der Waals surface area (Å²) in [4.78, 5) is 14.5. The Labute approximate surface area is 160 Å². The van der Waals surface area contributed by atoms with Crippen LogP contribution in [0.5, 0.6) is 0 Å². The van der Waals surface area contributed by atoms with Gasteiger partial charge in [0, 0.05) is 24.8 Å². The van der Waals surface area contributed by atoms with Crippen LogP contribution in [0.25, 0.3) is 10.8 Å². The predicted octanol–water partition coefficient (Wildman–Crippen LogP) is 1.69. The first-order chi connectivity index (χ1) is 13.0. The van der Waals surface area contributed by atoms with Crippen LogP contribution in [-0.2, 0) is 0 Å². The fourth-order valence-electron chi connectivity index (χ4n) is 3.28. The van der Waals surface area contributed by atoms with Gasteiger partial charge in [-0.3, -0.25) is 10.6 Å². The maximum Gasteiger partial charge on any atom is 0.321 e. The number of nitrogens with one attached hydrogen (secondary N) is 5. The Morgan fingerprint density at radius 1 is 1.15 bits per heavy atom. The molecule has 3 rings (SSSR count). The summed E-state index contributed by atoms with van der Waals surface area (Å²) >= 11 is 0. The minimum Gasteiger partial charge on any atom is -0.310 e. The lowest BCUT2D eigenvalue weighted by Gasteiger charge is -2.37. The zero-order valence-electron chi connectivity index (χ0n) is 16.3. The molecule has 0 radical (unpaired) electrons. The number of carbonyl (C=O) groups excluding carboxylic acids is 1. The molecule has 3 atom stereocenters. The van der Waals surface area contributed by atoms with Crippen LogP contribution >= 0.6 is 0 Å². The van der Waals surface area contributed by atoms with Gasteiger partial charge in [-0.05, 0) is 50.3 Å². The fraction of sp³-hybridized carbons (Fsp3) is 0.450. The number of hydrogen-bond donors (Lipinski definition) is 5. The molecule has 0 aliphatic carbocycles. The number of likely N-dealkylation sites (N-methyl/N-ethyl adjacent to an activating group) is 1. The van der Waals surface area contributed by atoms with Crippen LogP contribution in [0.15, 0.2) is 42.5 Å². The van der Waals surface area contributed by atoms with Crippen molar-refractivity contribution in [3.05, 3.63) is 42.5 Å². The van der Waals surface area contributed by atoms with E-state index in [9.17, 15) is 4.79 Å². The molecule has 146 valence electrons. The number of hydrogen-bond acceptors (Lipinski definition) is 5. The van der Waals surface area contributed by atoms with Gasteiger partial charge in [-0.15, -0.1) is 0 Å². The summed E-state index contributed by atoms with van der Waals surface area (Å²) in [5.41, 5.74) is 0.774. The molecule has 0 saturated carbocycles. The van der Waals surface area contributed by atoms with E-state index in [0.717, 1.165) is 36.0 Å². The molecule has 5 N–H and O–H groups in total. The largest absolute Gasteiger partial charge is 0.321 e. The van der Waals surface area contributed by atoms with E-state index in [-0.39, 0.29) is 18.5 Å². The molecule has 27 heavy (non-hydrogen) atoms. The molecule has 0 spiro atoms. The molecule has 2 aromatic rings. The number of amides is 2. The monoisotopic (exact) mass is 370 g/mol. The van der Waals surface area contributed by atoms with E-state index in [1.807, 2.05) is 36.4 Å². The van der Waals surface area contributed by atoms with E-state index in [1.54, 1.807) is 0 Å². The SMILES string of the molecule is CC1CC(NCCN(C)C)NC(NC(=O)Nc2ccc3ccccc3c2)N1. The van der Waals surface area contributed by atoms with Gasteiger partial charge >= 0.3 is 6.03 Å². The van der Waals surface area contributed by atoms with E-state index >= 15 is 0 Å². The average molecular weight is 371 g/mol. The number of anilines is 1. The third-order valence-electron chi connectivity index (χ3n) is 4.64. The summed E-state index contributed by atoms with van der Waals surface area (Å²) in [7, 11) is 4.11. The first-order valence-corrected chi connectivity index (χ1v) is 9.46. The number of fused-ring (bicyclic) bond motifs is 1. The Hall–Kier alpha value is -2.19. The molecule has 2 amide bonds. The first-order valence-electron chi connectivity index (χ1n) is 9.46. The summed E-state index contributed by atoms with van der Waals surface area (Å²) in [5, 5.41) is 18.4. The first kappa shape index (κ1) is 19.6. The Kier molecular flexibility index (Phi) is 6.63.